The van der Waals surface area contributed by atoms with E-state index >= 15 is 0 Å². The fraction of sp³-hybridized carbons (Fsp3) is 0.136. The topological polar surface area (TPSA) is 66.5 Å². The highest BCUT2D eigenvalue weighted by Crippen LogP contribution is 2.25. The van der Waals surface area contributed by atoms with Crippen molar-refractivity contribution in [2.75, 3.05) is 10.6 Å². The minimum Gasteiger partial charge on any atom is -0.348 e. The molecule has 0 aliphatic heterocycles. The number of para-hydroxylation sites is 1. The summed E-state index contributed by atoms with van der Waals surface area (Å²) in [4.78, 5) is 12.8. The molecule has 150 valence electrons. The van der Waals surface area contributed by atoms with Gasteiger partial charge in [-0.3, -0.25) is 9.10 Å². The molecule has 3 aromatic rings. The van der Waals surface area contributed by atoms with Gasteiger partial charge in [-0.1, -0.05) is 66.2 Å². The summed E-state index contributed by atoms with van der Waals surface area (Å²) in [6, 6.07) is 23.1. The summed E-state index contributed by atoms with van der Waals surface area (Å²) in [6.45, 7) is 0.447. The van der Waals surface area contributed by atoms with E-state index in [1.807, 2.05) is 42.5 Å². The number of nitrogens with zero attached hydrogens (tertiary/aromatic N) is 1. The first-order valence-electron chi connectivity index (χ1n) is 8.98. The molecule has 29 heavy (non-hydrogen) atoms. The average molecular weight is 429 g/mol. The lowest BCUT2D eigenvalue weighted by Gasteiger charge is -2.24. The molecule has 7 heteroatoms. The largest absolute Gasteiger partial charge is 0.348 e. The van der Waals surface area contributed by atoms with Crippen molar-refractivity contribution in [1.29, 1.82) is 0 Å². The SMILES string of the molecule is CS(=O)(=O)N(Cc1ccccc1)c1ccccc1C(=O)NCc1ccc(Cl)cc1. The third-order valence-electron chi connectivity index (χ3n) is 4.35. The number of carbonyl (C=O) groups is 1. The zero-order valence-electron chi connectivity index (χ0n) is 15.9. The van der Waals surface area contributed by atoms with Crippen LogP contribution in [0.1, 0.15) is 21.5 Å². The first kappa shape index (κ1) is 20.9. The second-order valence-electron chi connectivity index (χ2n) is 6.58. The third kappa shape index (κ3) is 5.59. The zero-order valence-corrected chi connectivity index (χ0v) is 17.5. The third-order valence-corrected chi connectivity index (χ3v) is 5.73. The molecule has 1 N–H and O–H groups in total. The van der Waals surface area contributed by atoms with Gasteiger partial charge in [-0.2, -0.15) is 0 Å². The van der Waals surface area contributed by atoms with E-state index in [1.165, 1.54) is 4.31 Å². The molecule has 0 fully saturated rings. The number of amides is 1. The van der Waals surface area contributed by atoms with E-state index in [-0.39, 0.29) is 12.5 Å². The molecule has 1 amide bonds. The number of sulfonamides is 1. The predicted octanol–water partition coefficient (Wildman–Crippen LogP) is 4.24. The number of carbonyl (C=O) groups excluding carboxylic acids is 1. The minimum absolute atomic E-state index is 0.140. The van der Waals surface area contributed by atoms with Gasteiger partial charge in [0.15, 0.2) is 0 Å². The van der Waals surface area contributed by atoms with E-state index in [1.54, 1.807) is 36.4 Å². The molecular formula is C22H21ClN2O3S. The summed E-state index contributed by atoms with van der Waals surface area (Å²) >= 11 is 5.89. The van der Waals surface area contributed by atoms with Crippen molar-refractivity contribution in [2.45, 2.75) is 13.1 Å². The molecule has 5 nitrogen and oxygen atoms in total. The van der Waals surface area contributed by atoms with Gasteiger partial charge >= 0.3 is 0 Å². The second kappa shape index (κ2) is 9.11. The van der Waals surface area contributed by atoms with Crippen LogP contribution in [-0.4, -0.2) is 20.6 Å². The summed E-state index contributed by atoms with van der Waals surface area (Å²) in [7, 11) is -3.61. The van der Waals surface area contributed by atoms with E-state index in [0.717, 1.165) is 17.4 Å². The standard InChI is InChI=1S/C22H21ClN2O3S/c1-29(27,28)25(16-18-7-3-2-4-8-18)21-10-6-5-9-20(21)22(26)24-15-17-11-13-19(23)14-12-17/h2-14H,15-16H2,1H3,(H,24,26). The first-order valence-corrected chi connectivity index (χ1v) is 11.2. The van der Waals surface area contributed by atoms with Gasteiger partial charge in [-0.15, -0.1) is 0 Å². The predicted molar refractivity (Wildman–Crippen MR) is 117 cm³/mol. The number of anilines is 1. The van der Waals surface area contributed by atoms with Gasteiger partial charge in [-0.05, 0) is 35.4 Å². The molecule has 0 aliphatic rings. The molecule has 0 aromatic heterocycles. The lowest BCUT2D eigenvalue weighted by Crippen LogP contribution is -2.32. The van der Waals surface area contributed by atoms with Crippen molar-refractivity contribution in [3.63, 3.8) is 0 Å². The molecule has 0 heterocycles. The van der Waals surface area contributed by atoms with Gasteiger partial charge in [0.1, 0.15) is 0 Å². The van der Waals surface area contributed by atoms with Crippen LogP contribution < -0.4 is 9.62 Å². The molecule has 0 bridgehead atoms. The Labute approximate surface area is 176 Å². The highest BCUT2D eigenvalue weighted by Gasteiger charge is 2.23. The molecule has 3 rings (SSSR count). The molecule has 0 aliphatic carbocycles. The summed E-state index contributed by atoms with van der Waals surface area (Å²) in [5.41, 5.74) is 2.36. The number of benzene rings is 3. The Morgan fingerprint density at radius 2 is 1.52 bits per heavy atom. The highest BCUT2D eigenvalue weighted by atomic mass is 35.5. The summed E-state index contributed by atoms with van der Waals surface area (Å²) < 4.78 is 26.3. The number of hydrogen-bond donors (Lipinski definition) is 1. The maximum atomic E-state index is 12.8. The Morgan fingerprint density at radius 3 is 2.17 bits per heavy atom. The first-order chi connectivity index (χ1) is 13.8. The van der Waals surface area contributed by atoms with E-state index in [4.69, 9.17) is 11.6 Å². The van der Waals surface area contributed by atoms with Crippen molar-refractivity contribution in [3.8, 4) is 0 Å². The van der Waals surface area contributed by atoms with Crippen LogP contribution in [0.25, 0.3) is 0 Å². The molecular weight excluding hydrogens is 408 g/mol. The second-order valence-corrected chi connectivity index (χ2v) is 8.92. The fourth-order valence-corrected chi connectivity index (χ4v) is 3.92. The highest BCUT2D eigenvalue weighted by molar-refractivity contribution is 7.92. The number of hydrogen-bond acceptors (Lipinski definition) is 3. The van der Waals surface area contributed by atoms with Gasteiger partial charge in [0, 0.05) is 11.6 Å². The van der Waals surface area contributed by atoms with Crippen LogP contribution in [0.3, 0.4) is 0 Å². The zero-order chi connectivity index (χ0) is 20.9. The van der Waals surface area contributed by atoms with Crippen molar-refractivity contribution in [3.05, 3.63) is 101 Å². The normalized spacial score (nSPS) is 11.1. The number of rotatable bonds is 7. The number of nitrogens with one attached hydrogen (secondary N) is 1. The summed E-state index contributed by atoms with van der Waals surface area (Å²) in [6.07, 6.45) is 1.14. The van der Waals surface area contributed by atoms with Crippen molar-refractivity contribution in [1.82, 2.24) is 5.32 Å². The van der Waals surface area contributed by atoms with Crippen LogP contribution in [0.15, 0.2) is 78.9 Å². The van der Waals surface area contributed by atoms with Crippen molar-refractivity contribution >= 4 is 33.2 Å². The lowest BCUT2D eigenvalue weighted by atomic mass is 10.1. The summed E-state index contributed by atoms with van der Waals surface area (Å²) in [5, 5.41) is 3.46. The maximum absolute atomic E-state index is 12.8. The number of halogens is 1. The molecule has 0 atom stereocenters. The summed E-state index contributed by atoms with van der Waals surface area (Å²) in [5.74, 6) is -0.350. The maximum Gasteiger partial charge on any atom is 0.253 e. The van der Waals surface area contributed by atoms with Crippen LogP contribution in [0, 0.1) is 0 Å². The molecule has 3 aromatic carbocycles. The molecule has 0 radical (unpaired) electrons. The quantitative estimate of drug-likeness (QED) is 0.612. The van der Waals surface area contributed by atoms with Crippen molar-refractivity contribution in [2.24, 2.45) is 0 Å². The van der Waals surface area contributed by atoms with Gasteiger partial charge < -0.3 is 5.32 Å². The fourth-order valence-electron chi connectivity index (χ4n) is 2.89. The lowest BCUT2D eigenvalue weighted by molar-refractivity contribution is 0.0951. The Kier molecular flexibility index (Phi) is 6.56. The van der Waals surface area contributed by atoms with Gasteiger partial charge in [0.2, 0.25) is 10.0 Å². The smallest absolute Gasteiger partial charge is 0.253 e. The Hall–Kier alpha value is -2.83. The van der Waals surface area contributed by atoms with Gasteiger partial charge in [-0.25, -0.2) is 8.42 Å². The van der Waals surface area contributed by atoms with E-state index in [9.17, 15) is 13.2 Å². The van der Waals surface area contributed by atoms with E-state index in [2.05, 4.69) is 5.32 Å². The van der Waals surface area contributed by atoms with Crippen LogP contribution in [0.5, 0.6) is 0 Å². The van der Waals surface area contributed by atoms with Crippen LogP contribution >= 0.6 is 11.6 Å². The van der Waals surface area contributed by atoms with Gasteiger partial charge in [0.05, 0.1) is 24.1 Å². The van der Waals surface area contributed by atoms with E-state index in [0.29, 0.717) is 22.8 Å². The molecule has 0 unspecified atom stereocenters. The minimum atomic E-state index is -3.61. The van der Waals surface area contributed by atoms with E-state index < -0.39 is 10.0 Å². The molecule has 0 spiro atoms. The monoisotopic (exact) mass is 428 g/mol. The molecule has 0 saturated heterocycles. The van der Waals surface area contributed by atoms with Crippen LogP contribution in [0.2, 0.25) is 5.02 Å². The Balaban J connectivity index is 1.86. The Morgan fingerprint density at radius 1 is 0.897 bits per heavy atom. The van der Waals surface area contributed by atoms with Crippen LogP contribution in [-0.2, 0) is 23.1 Å². The van der Waals surface area contributed by atoms with Crippen LogP contribution in [0.4, 0.5) is 5.69 Å². The average Bonchev–Trinajstić information content (AvgIpc) is 2.71. The Bertz CT molecular complexity index is 1080. The molecule has 0 saturated carbocycles. The van der Waals surface area contributed by atoms with Crippen molar-refractivity contribution < 1.29 is 13.2 Å². The van der Waals surface area contributed by atoms with Gasteiger partial charge in [0.25, 0.3) is 5.91 Å².